The molecule has 2 heterocycles. The van der Waals surface area contributed by atoms with E-state index in [0.29, 0.717) is 12.3 Å². The SMILES string of the molecule is Cl.Cl.NC(Cc1ccccc1)C(=O)N1CCC(c2ccn[nH]2)CC1. The Morgan fingerprint density at radius 2 is 1.88 bits per heavy atom. The third kappa shape index (κ3) is 4.97. The quantitative estimate of drug-likeness (QED) is 0.867. The monoisotopic (exact) mass is 370 g/mol. The molecule has 1 unspecified atom stereocenters. The highest BCUT2D eigenvalue weighted by atomic mass is 35.5. The fraction of sp³-hybridized carbons (Fsp3) is 0.412. The minimum absolute atomic E-state index is 0. The highest BCUT2D eigenvalue weighted by molar-refractivity contribution is 5.85. The van der Waals surface area contributed by atoms with Crippen LogP contribution in [0.4, 0.5) is 0 Å². The van der Waals surface area contributed by atoms with Crippen LogP contribution in [0.15, 0.2) is 42.6 Å². The molecule has 1 aromatic heterocycles. The molecular formula is C17H24Cl2N4O. The molecule has 3 rings (SSSR count). The first kappa shape index (κ1) is 20.5. The van der Waals surface area contributed by atoms with Crippen molar-refractivity contribution >= 4 is 30.7 Å². The first-order chi connectivity index (χ1) is 10.7. The van der Waals surface area contributed by atoms with Crippen LogP contribution in [0, 0.1) is 0 Å². The number of piperidine rings is 1. The summed E-state index contributed by atoms with van der Waals surface area (Å²) in [7, 11) is 0. The van der Waals surface area contributed by atoms with Gasteiger partial charge >= 0.3 is 0 Å². The van der Waals surface area contributed by atoms with E-state index in [0.717, 1.165) is 31.5 Å². The zero-order valence-corrected chi connectivity index (χ0v) is 15.1. The van der Waals surface area contributed by atoms with Crippen LogP contribution < -0.4 is 5.73 Å². The number of H-pyrrole nitrogens is 1. The number of aromatic amines is 1. The molecule has 0 aliphatic carbocycles. The lowest BCUT2D eigenvalue weighted by Gasteiger charge is -2.33. The van der Waals surface area contributed by atoms with E-state index in [-0.39, 0.29) is 30.7 Å². The van der Waals surface area contributed by atoms with Crippen molar-refractivity contribution in [2.24, 2.45) is 5.73 Å². The first-order valence-electron chi connectivity index (χ1n) is 7.81. The van der Waals surface area contributed by atoms with Gasteiger partial charge in [0.2, 0.25) is 5.91 Å². The number of nitrogens with two attached hydrogens (primary N) is 1. The average molecular weight is 371 g/mol. The van der Waals surface area contributed by atoms with Crippen molar-refractivity contribution in [1.29, 1.82) is 0 Å². The second-order valence-electron chi connectivity index (χ2n) is 5.91. The molecule has 0 saturated carbocycles. The number of halogens is 2. The number of carbonyl (C=O) groups is 1. The molecule has 1 amide bonds. The average Bonchev–Trinajstić information content (AvgIpc) is 3.10. The Morgan fingerprint density at radius 1 is 1.21 bits per heavy atom. The van der Waals surface area contributed by atoms with Gasteiger partial charge in [0.25, 0.3) is 0 Å². The highest BCUT2D eigenvalue weighted by Gasteiger charge is 2.27. The first-order valence-corrected chi connectivity index (χ1v) is 7.81. The second-order valence-corrected chi connectivity index (χ2v) is 5.91. The van der Waals surface area contributed by atoms with Gasteiger partial charge in [-0.1, -0.05) is 30.3 Å². The van der Waals surface area contributed by atoms with Gasteiger partial charge in [-0.25, -0.2) is 0 Å². The van der Waals surface area contributed by atoms with Gasteiger partial charge < -0.3 is 10.6 Å². The van der Waals surface area contributed by atoms with E-state index in [9.17, 15) is 4.79 Å². The van der Waals surface area contributed by atoms with Crippen LogP contribution in [0.2, 0.25) is 0 Å². The molecule has 1 aromatic carbocycles. The summed E-state index contributed by atoms with van der Waals surface area (Å²) in [4.78, 5) is 14.4. The van der Waals surface area contributed by atoms with E-state index >= 15 is 0 Å². The molecule has 1 saturated heterocycles. The summed E-state index contributed by atoms with van der Waals surface area (Å²) in [5.74, 6) is 0.531. The number of nitrogens with zero attached hydrogens (tertiary/aromatic N) is 2. The summed E-state index contributed by atoms with van der Waals surface area (Å²) in [6.45, 7) is 1.54. The molecule has 0 bridgehead atoms. The van der Waals surface area contributed by atoms with Crippen LogP contribution >= 0.6 is 24.8 Å². The Bertz CT molecular complexity index is 598. The molecule has 1 aliphatic rings. The van der Waals surface area contributed by atoms with Crippen LogP contribution in [0.5, 0.6) is 0 Å². The minimum Gasteiger partial charge on any atom is -0.341 e. The Labute approximate surface area is 154 Å². The Morgan fingerprint density at radius 3 is 2.46 bits per heavy atom. The van der Waals surface area contributed by atoms with Crippen molar-refractivity contribution in [2.75, 3.05) is 13.1 Å². The zero-order valence-electron chi connectivity index (χ0n) is 13.4. The number of amides is 1. The van der Waals surface area contributed by atoms with E-state index in [1.807, 2.05) is 41.3 Å². The van der Waals surface area contributed by atoms with Gasteiger partial charge in [0.05, 0.1) is 6.04 Å². The number of hydrogen-bond acceptors (Lipinski definition) is 3. The smallest absolute Gasteiger partial charge is 0.239 e. The zero-order chi connectivity index (χ0) is 15.4. The van der Waals surface area contributed by atoms with Crippen molar-refractivity contribution < 1.29 is 4.79 Å². The van der Waals surface area contributed by atoms with Crippen LogP contribution in [-0.4, -0.2) is 40.1 Å². The van der Waals surface area contributed by atoms with Crippen LogP contribution in [0.3, 0.4) is 0 Å². The third-order valence-electron chi connectivity index (χ3n) is 4.38. The standard InChI is InChI=1S/C17H22N4O.2ClH/c18-15(12-13-4-2-1-3-5-13)17(22)21-10-7-14(8-11-21)16-6-9-19-20-16;;/h1-6,9,14-15H,7-8,10-12,18H2,(H,19,20);2*1H. The number of aromatic nitrogens is 2. The Balaban J connectivity index is 0.00000144. The van der Waals surface area contributed by atoms with Gasteiger partial charge in [-0.05, 0) is 30.9 Å². The number of likely N-dealkylation sites (tertiary alicyclic amines) is 1. The lowest BCUT2D eigenvalue weighted by atomic mass is 9.93. The molecule has 3 N–H and O–H groups in total. The minimum atomic E-state index is -0.453. The fourth-order valence-electron chi connectivity index (χ4n) is 3.09. The van der Waals surface area contributed by atoms with E-state index in [1.54, 1.807) is 6.20 Å². The normalized spacial score (nSPS) is 16.0. The molecule has 1 aliphatic heterocycles. The number of nitrogens with one attached hydrogen (secondary N) is 1. The molecule has 0 radical (unpaired) electrons. The molecule has 7 heteroatoms. The van der Waals surface area contributed by atoms with Gasteiger partial charge in [-0.2, -0.15) is 5.10 Å². The Hall–Kier alpha value is -1.56. The molecule has 5 nitrogen and oxygen atoms in total. The molecular weight excluding hydrogens is 347 g/mol. The number of hydrogen-bond donors (Lipinski definition) is 2. The van der Waals surface area contributed by atoms with E-state index < -0.39 is 6.04 Å². The molecule has 24 heavy (non-hydrogen) atoms. The van der Waals surface area contributed by atoms with Crippen molar-refractivity contribution in [3.63, 3.8) is 0 Å². The van der Waals surface area contributed by atoms with Crippen LogP contribution in [-0.2, 0) is 11.2 Å². The van der Waals surface area contributed by atoms with Crippen molar-refractivity contribution in [3.8, 4) is 0 Å². The van der Waals surface area contributed by atoms with Gasteiger partial charge in [-0.15, -0.1) is 24.8 Å². The second kappa shape index (κ2) is 9.67. The predicted molar refractivity (Wildman–Crippen MR) is 99.8 cm³/mol. The van der Waals surface area contributed by atoms with E-state index in [2.05, 4.69) is 10.2 Å². The highest BCUT2D eigenvalue weighted by Crippen LogP contribution is 2.26. The van der Waals surface area contributed by atoms with Gasteiger partial charge in [0.15, 0.2) is 0 Å². The topological polar surface area (TPSA) is 75.0 Å². The number of carbonyl (C=O) groups excluding carboxylic acids is 1. The number of rotatable bonds is 4. The molecule has 1 atom stereocenters. The largest absolute Gasteiger partial charge is 0.341 e. The summed E-state index contributed by atoms with van der Waals surface area (Å²) in [5.41, 5.74) is 8.38. The van der Waals surface area contributed by atoms with Crippen LogP contribution in [0.1, 0.15) is 30.0 Å². The molecule has 2 aromatic rings. The van der Waals surface area contributed by atoms with Gasteiger partial charge in [0, 0.05) is 30.9 Å². The van der Waals surface area contributed by atoms with Crippen molar-refractivity contribution in [3.05, 3.63) is 53.9 Å². The summed E-state index contributed by atoms with van der Waals surface area (Å²) in [6.07, 6.45) is 4.31. The van der Waals surface area contributed by atoms with Gasteiger partial charge in [-0.3, -0.25) is 9.89 Å². The van der Waals surface area contributed by atoms with Crippen molar-refractivity contribution in [1.82, 2.24) is 15.1 Å². The van der Waals surface area contributed by atoms with E-state index in [4.69, 9.17) is 5.73 Å². The fourth-order valence-corrected chi connectivity index (χ4v) is 3.09. The lowest BCUT2D eigenvalue weighted by molar-refractivity contribution is -0.133. The van der Waals surface area contributed by atoms with E-state index in [1.165, 1.54) is 5.69 Å². The maximum absolute atomic E-state index is 12.5. The van der Waals surface area contributed by atoms with Gasteiger partial charge in [0.1, 0.15) is 0 Å². The molecule has 132 valence electrons. The molecule has 0 spiro atoms. The number of benzene rings is 1. The summed E-state index contributed by atoms with van der Waals surface area (Å²) < 4.78 is 0. The summed E-state index contributed by atoms with van der Waals surface area (Å²) >= 11 is 0. The lowest BCUT2D eigenvalue weighted by Crippen LogP contribution is -2.47. The summed E-state index contributed by atoms with van der Waals surface area (Å²) in [5, 5.41) is 7.03. The molecule has 1 fully saturated rings. The predicted octanol–water partition coefficient (Wildman–Crippen LogP) is 2.53. The Kier molecular flexibility index (Phi) is 8.25. The maximum atomic E-state index is 12.5. The van der Waals surface area contributed by atoms with Crippen molar-refractivity contribution in [2.45, 2.75) is 31.2 Å². The third-order valence-corrected chi connectivity index (χ3v) is 4.38. The summed E-state index contributed by atoms with van der Waals surface area (Å²) in [6, 6.07) is 11.5. The van der Waals surface area contributed by atoms with Crippen LogP contribution in [0.25, 0.3) is 0 Å². The maximum Gasteiger partial charge on any atom is 0.239 e.